The van der Waals surface area contributed by atoms with Gasteiger partial charge in [-0.3, -0.25) is 4.90 Å². The van der Waals surface area contributed by atoms with E-state index in [2.05, 4.69) is 11.5 Å². The van der Waals surface area contributed by atoms with Crippen LogP contribution < -0.4 is 0 Å². The molecule has 0 radical (unpaired) electrons. The van der Waals surface area contributed by atoms with Gasteiger partial charge in [-0.1, -0.05) is 13.0 Å². The van der Waals surface area contributed by atoms with E-state index in [4.69, 9.17) is 11.6 Å². The molecule has 0 aliphatic carbocycles. The molecule has 15 heavy (non-hydrogen) atoms. The fraction of sp³-hybridized carbons (Fsp3) is 0.833. The number of hydrogen-bond acceptors (Lipinski definition) is 2. The second kappa shape index (κ2) is 4.86. The van der Waals surface area contributed by atoms with Crippen molar-refractivity contribution in [3.63, 3.8) is 0 Å². The monoisotopic (exact) mass is 231 g/mol. The minimum Gasteiger partial charge on any atom is -0.376 e. The largest absolute Gasteiger partial charge is 0.376 e. The zero-order chi connectivity index (χ0) is 11.5. The third-order valence-electron chi connectivity index (χ3n) is 3.32. The van der Waals surface area contributed by atoms with Gasteiger partial charge >= 0.3 is 0 Å². The third kappa shape index (κ3) is 3.20. The molecular weight excluding hydrogens is 210 g/mol. The molecule has 2 atom stereocenters. The van der Waals surface area contributed by atoms with Gasteiger partial charge in [0, 0.05) is 19.5 Å². The van der Waals surface area contributed by atoms with Crippen LogP contribution in [0.1, 0.15) is 39.5 Å². The Labute approximate surface area is 97.9 Å². The van der Waals surface area contributed by atoms with Crippen LogP contribution in [-0.4, -0.2) is 33.7 Å². The van der Waals surface area contributed by atoms with E-state index in [0.717, 1.165) is 13.1 Å². The van der Waals surface area contributed by atoms with Gasteiger partial charge in [-0.15, -0.1) is 18.2 Å². The Morgan fingerprint density at radius 1 is 1.47 bits per heavy atom. The fourth-order valence-corrected chi connectivity index (χ4v) is 2.43. The molecule has 1 aliphatic rings. The van der Waals surface area contributed by atoms with Crippen LogP contribution >= 0.6 is 11.6 Å². The minimum atomic E-state index is -0.763. The molecule has 2 nitrogen and oxygen atoms in total. The van der Waals surface area contributed by atoms with Gasteiger partial charge in [0.2, 0.25) is 0 Å². The SMILES string of the molecule is C=CC(C)(Cl)CC(O)(CC)N1CCCC1. The lowest BCUT2D eigenvalue weighted by Gasteiger charge is -2.40. The first-order chi connectivity index (χ1) is 6.93. The molecule has 88 valence electrons. The highest BCUT2D eigenvalue weighted by molar-refractivity contribution is 6.25. The smallest absolute Gasteiger partial charge is 0.120 e. The summed E-state index contributed by atoms with van der Waals surface area (Å²) < 4.78 is 0. The van der Waals surface area contributed by atoms with Crippen molar-refractivity contribution >= 4 is 11.6 Å². The summed E-state index contributed by atoms with van der Waals surface area (Å²) in [6.45, 7) is 9.59. The molecule has 0 saturated carbocycles. The summed E-state index contributed by atoms with van der Waals surface area (Å²) in [6.07, 6.45) is 5.32. The van der Waals surface area contributed by atoms with Gasteiger partial charge in [-0.05, 0) is 26.2 Å². The second-order valence-corrected chi connectivity index (χ2v) is 5.55. The number of rotatable bonds is 5. The average molecular weight is 232 g/mol. The number of nitrogens with zero attached hydrogens (tertiary/aromatic N) is 1. The molecule has 1 rings (SSSR count). The Morgan fingerprint density at radius 2 is 2.00 bits per heavy atom. The number of halogens is 1. The third-order valence-corrected chi connectivity index (χ3v) is 3.60. The van der Waals surface area contributed by atoms with Crippen LogP contribution in [0.5, 0.6) is 0 Å². The van der Waals surface area contributed by atoms with E-state index in [1.807, 2.05) is 13.8 Å². The standard InChI is InChI=1S/C12H22ClNO/c1-4-11(3,13)10-12(15,5-2)14-8-6-7-9-14/h4,15H,1,5-10H2,2-3H3. The maximum Gasteiger partial charge on any atom is 0.120 e. The van der Waals surface area contributed by atoms with E-state index in [1.165, 1.54) is 12.8 Å². The van der Waals surface area contributed by atoms with Crippen molar-refractivity contribution in [2.24, 2.45) is 0 Å². The van der Waals surface area contributed by atoms with Crippen LogP contribution in [0.3, 0.4) is 0 Å². The Hall–Kier alpha value is -0.0500. The van der Waals surface area contributed by atoms with Crippen LogP contribution in [0.4, 0.5) is 0 Å². The number of allylic oxidation sites excluding steroid dienone is 1. The van der Waals surface area contributed by atoms with Crippen molar-refractivity contribution in [3.05, 3.63) is 12.7 Å². The zero-order valence-electron chi connectivity index (χ0n) is 9.80. The average Bonchev–Trinajstić information content (AvgIpc) is 2.70. The topological polar surface area (TPSA) is 23.5 Å². The molecule has 1 aliphatic heterocycles. The van der Waals surface area contributed by atoms with Gasteiger partial charge in [-0.25, -0.2) is 0 Å². The van der Waals surface area contributed by atoms with Gasteiger partial charge in [0.15, 0.2) is 0 Å². The molecule has 1 fully saturated rings. The Balaban J connectivity index is 2.70. The minimum absolute atomic E-state index is 0.520. The molecule has 0 amide bonds. The first kappa shape index (κ1) is 13.0. The highest BCUT2D eigenvalue weighted by Gasteiger charge is 2.39. The number of likely N-dealkylation sites (tertiary alicyclic amines) is 1. The molecule has 3 heteroatoms. The molecule has 0 aromatic heterocycles. The predicted molar refractivity (Wildman–Crippen MR) is 65.1 cm³/mol. The van der Waals surface area contributed by atoms with Crippen molar-refractivity contribution in [2.45, 2.75) is 50.1 Å². The van der Waals surface area contributed by atoms with E-state index >= 15 is 0 Å². The van der Waals surface area contributed by atoms with E-state index in [0.29, 0.717) is 12.8 Å². The molecule has 1 N–H and O–H groups in total. The van der Waals surface area contributed by atoms with Crippen LogP contribution in [0.2, 0.25) is 0 Å². The van der Waals surface area contributed by atoms with E-state index in [9.17, 15) is 5.11 Å². The van der Waals surface area contributed by atoms with Crippen molar-refractivity contribution in [1.29, 1.82) is 0 Å². The van der Waals surface area contributed by atoms with Crippen molar-refractivity contribution < 1.29 is 5.11 Å². The highest BCUT2D eigenvalue weighted by atomic mass is 35.5. The van der Waals surface area contributed by atoms with E-state index in [-0.39, 0.29) is 0 Å². The van der Waals surface area contributed by atoms with Gasteiger partial charge in [0.1, 0.15) is 5.72 Å². The summed E-state index contributed by atoms with van der Waals surface area (Å²) in [7, 11) is 0. The molecule has 0 bridgehead atoms. The van der Waals surface area contributed by atoms with Gasteiger partial charge in [0.25, 0.3) is 0 Å². The molecule has 0 aromatic carbocycles. The lowest BCUT2D eigenvalue weighted by atomic mass is 9.94. The highest BCUT2D eigenvalue weighted by Crippen LogP contribution is 2.34. The predicted octanol–water partition coefficient (Wildman–Crippen LogP) is 2.75. The van der Waals surface area contributed by atoms with Crippen LogP contribution in [-0.2, 0) is 0 Å². The summed E-state index contributed by atoms with van der Waals surface area (Å²) in [6, 6.07) is 0. The van der Waals surface area contributed by atoms with E-state index < -0.39 is 10.6 Å². The number of aliphatic hydroxyl groups is 1. The maximum absolute atomic E-state index is 10.6. The summed E-state index contributed by atoms with van der Waals surface area (Å²) in [5, 5.41) is 10.6. The van der Waals surface area contributed by atoms with Gasteiger partial charge in [-0.2, -0.15) is 0 Å². The van der Waals surface area contributed by atoms with Crippen LogP contribution in [0, 0.1) is 0 Å². The van der Waals surface area contributed by atoms with E-state index in [1.54, 1.807) is 6.08 Å². The number of hydrogen-bond donors (Lipinski definition) is 1. The first-order valence-corrected chi connectivity index (χ1v) is 6.11. The van der Waals surface area contributed by atoms with Crippen molar-refractivity contribution in [2.75, 3.05) is 13.1 Å². The summed E-state index contributed by atoms with van der Waals surface area (Å²) >= 11 is 6.26. The van der Waals surface area contributed by atoms with Crippen LogP contribution in [0.15, 0.2) is 12.7 Å². The first-order valence-electron chi connectivity index (χ1n) is 5.73. The molecule has 1 heterocycles. The molecule has 1 saturated heterocycles. The maximum atomic E-state index is 10.6. The molecule has 0 aromatic rings. The van der Waals surface area contributed by atoms with Crippen LogP contribution in [0.25, 0.3) is 0 Å². The number of alkyl halides is 1. The molecule has 2 unspecified atom stereocenters. The summed E-state index contributed by atoms with van der Waals surface area (Å²) in [4.78, 5) is 1.63. The Kier molecular flexibility index (Phi) is 4.21. The van der Waals surface area contributed by atoms with Crippen molar-refractivity contribution in [1.82, 2.24) is 4.90 Å². The second-order valence-electron chi connectivity index (χ2n) is 4.69. The summed E-state index contributed by atoms with van der Waals surface area (Å²) in [5.74, 6) is 0. The lowest BCUT2D eigenvalue weighted by molar-refractivity contribution is -0.109. The fourth-order valence-electron chi connectivity index (χ4n) is 2.22. The summed E-state index contributed by atoms with van der Waals surface area (Å²) in [5.41, 5.74) is -0.763. The zero-order valence-corrected chi connectivity index (χ0v) is 10.6. The molecular formula is C12H22ClNO. The molecule has 0 spiro atoms. The van der Waals surface area contributed by atoms with Crippen molar-refractivity contribution in [3.8, 4) is 0 Å². The Morgan fingerprint density at radius 3 is 2.40 bits per heavy atom. The van der Waals surface area contributed by atoms with Gasteiger partial charge < -0.3 is 5.11 Å². The quantitative estimate of drug-likeness (QED) is 0.581. The van der Waals surface area contributed by atoms with Gasteiger partial charge in [0.05, 0.1) is 4.87 Å². The normalized spacial score (nSPS) is 25.9. The lowest BCUT2D eigenvalue weighted by Crippen LogP contribution is -2.50. The Bertz CT molecular complexity index is 224.